The van der Waals surface area contributed by atoms with Crippen LogP contribution in [0.4, 0.5) is 0 Å². The molecule has 0 aromatic rings. The maximum absolute atomic E-state index is 4.99. The van der Waals surface area contributed by atoms with Gasteiger partial charge in [-0.25, -0.2) is 0 Å². The van der Waals surface area contributed by atoms with E-state index in [1.165, 1.54) is 411 Å². The Balaban J connectivity index is 0.0000139. The molecule has 616 valence electrons. The first kappa shape index (κ1) is 90.7. The van der Waals surface area contributed by atoms with Crippen LogP contribution < -0.4 is 42.5 Å². The standard InChI is InChI=1S/C96H184N8.Ni/c1-9-17-25-33-41-49-57-73-65-66-74(58-50-42-34-26-18-10-2)82-81(73)89-97-90(82)102-92-85-77(61-53-45-37-29-21-13-5)69-70-78(62-54-46-38-30-22-14-6)86(85)94(99-92)104-96-88-80(64-56-48-40-32-24-16-8)72-71-79(63-55-47-39-31-23-15-7)87(88)95(100-96)103-93-84-76(60-52-44-36-28-20-12-4)68-67-75(83(84)91(98-93)101-89)59-51-43-35-27-19-11-3;/h73-104H,9-72H2,1-8H3;/q;+2. The first-order valence-corrected chi connectivity index (χ1v) is 49.5. The van der Waals surface area contributed by atoms with Gasteiger partial charge in [-0.05, 0) is 146 Å². The minimum Gasteiger partial charge on any atom is -0.286 e. The van der Waals surface area contributed by atoms with Gasteiger partial charge >= 0.3 is 16.5 Å². The van der Waals surface area contributed by atoms with E-state index in [0.717, 1.165) is 47.3 Å². The van der Waals surface area contributed by atoms with Crippen LogP contribution in [0.15, 0.2) is 0 Å². The summed E-state index contributed by atoms with van der Waals surface area (Å²) in [5.41, 5.74) is 0. The topological polar surface area (TPSA) is 96.2 Å². The van der Waals surface area contributed by atoms with Crippen molar-refractivity contribution in [1.82, 2.24) is 42.5 Å². The van der Waals surface area contributed by atoms with E-state index in [4.69, 9.17) is 42.5 Å². The first-order chi connectivity index (χ1) is 51.4. The van der Waals surface area contributed by atoms with Crippen molar-refractivity contribution in [2.45, 2.75) is 516 Å². The minimum atomic E-state index is 0. The van der Waals surface area contributed by atoms with Gasteiger partial charge in [0.15, 0.2) is 0 Å². The predicted molar refractivity (Wildman–Crippen MR) is 452 cm³/mol. The van der Waals surface area contributed by atoms with Crippen LogP contribution in [0, 0.1) is 94.7 Å². The maximum atomic E-state index is 4.99. The van der Waals surface area contributed by atoms with Gasteiger partial charge < -0.3 is 0 Å². The number of nitrogens with one attached hydrogen (secondary N) is 8. The van der Waals surface area contributed by atoms with E-state index in [-0.39, 0.29) is 16.5 Å². The largest absolute Gasteiger partial charge is 2.00 e. The fraction of sp³-hybridized carbons (Fsp3) is 1.00. The number of hydrogen-bond donors (Lipinski definition) is 8. The summed E-state index contributed by atoms with van der Waals surface area (Å²) < 4.78 is 0. The van der Waals surface area contributed by atoms with E-state index in [1.807, 2.05) is 0 Å². The summed E-state index contributed by atoms with van der Waals surface area (Å²) >= 11 is 0. The van der Waals surface area contributed by atoms with Crippen molar-refractivity contribution < 1.29 is 16.5 Å². The molecule has 16 unspecified atom stereocenters. The van der Waals surface area contributed by atoms with Gasteiger partial charge in [0.25, 0.3) is 0 Å². The Kier molecular flexibility index (Phi) is 46.1. The second kappa shape index (κ2) is 53.3. The molecule has 9 heteroatoms. The SMILES string of the molecule is CCCCCCCCC1CCC(CCCCCCCC)C2C3NC(NC4NC(NC5NC(NC6NC(N3)C3C(CCCCCCCC)CCC(CCCCCCCC)C63)C3C(CCCCCCCC)CCC(CCCCCCCC)C53)C3C(CCCCCCCC)CCC(CCCCCCCC)C43)C12.[Ni+2]. The van der Waals surface area contributed by atoms with Gasteiger partial charge in [0.1, 0.15) is 0 Å². The molecule has 105 heavy (non-hydrogen) atoms. The van der Waals surface area contributed by atoms with Crippen molar-refractivity contribution in [1.29, 1.82) is 0 Å². The predicted octanol–water partition coefficient (Wildman–Crippen LogP) is 26.4. The Morgan fingerprint density at radius 3 is 0.343 bits per heavy atom. The smallest absolute Gasteiger partial charge is 0.286 e. The van der Waals surface area contributed by atoms with Gasteiger partial charge in [0.2, 0.25) is 0 Å². The van der Waals surface area contributed by atoms with Crippen molar-refractivity contribution in [3.8, 4) is 0 Å². The molecule has 5 heterocycles. The number of rotatable bonds is 56. The monoisotopic (exact) mass is 1510 g/mol. The normalized spacial score (nSPS) is 35.0. The Bertz CT molecular complexity index is 1690. The molecule has 8 bridgehead atoms. The van der Waals surface area contributed by atoms with E-state index in [9.17, 15) is 0 Å². The zero-order valence-electron chi connectivity index (χ0n) is 71.4. The summed E-state index contributed by atoms with van der Waals surface area (Å²) in [7, 11) is 0. The molecular formula is C96H184N8Ni+2. The van der Waals surface area contributed by atoms with Crippen molar-refractivity contribution in [2.75, 3.05) is 0 Å². The van der Waals surface area contributed by atoms with Crippen molar-refractivity contribution in [3.05, 3.63) is 0 Å². The Hall–Kier alpha value is 0.174. The number of unbranched alkanes of at least 4 members (excludes halogenated alkanes) is 40. The molecular weight excluding hydrogens is 1320 g/mol. The molecule has 16 atom stereocenters. The number of hydrogen-bond acceptors (Lipinski definition) is 8. The summed E-state index contributed by atoms with van der Waals surface area (Å²) in [6.45, 7) is 19.3. The van der Waals surface area contributed by atoms with E-state index in [1.54, 1.807) is 0 Å². The molecule has 0 radical (unpaired) electrons. The van der Waals surface area contributed by atoms with Crippen LogP contribution in [0.1, 0.15) is 466 Å². The Morgan fingerprint density at radius 1 is 0.143 bits per heavy atom. The molecule has 4 saturated carbocycles. The molecule has 5 saturated heterocycles. The van der Waals surface area contributed by atoms with Gasteiger partial charge in [-0.3, -0.25) is 42.5 Å². The van der Waals surface area contributed by atoms with E-state index in [2.05, 4.69) is 55.4 Å². The van der Waals surface area contributed by atoms with Crippen LogP contribution in [-0.2, 0) is 16.5 Å². The summed E-state index contributed by atoms with van der Waals surface area (Å²) in [4.78, 5) is 0. The summed E-state index contributed by atoms with van der Waals surface area (Å²) in [5, 5.41) is 39.5. The van der Waals surface area contributed by atoms with Crippen LogP contribution in [0.5, 0.6) is 0 Å². The molecule has 9 aliphatic rings. The van der Waals surface area contributed by atoms with Gasteiger partial charge in [-0.2, -0.15) is 0 Å². The Morgan fingerprint density at radius 2 is 0.238 bits per heavy atom. The molecule has 4 aliphatic carbocycles. The quantitative estimate of drug-likeness (QED) is 0.0226. The molecule has 0 spiro atoms. The zero-order chi connectivity index (χ0) is 72.8. The molecule has 0 amide bonds. The Labute approximate surface area is 665 Å². The fourth-order valence-corrected chi connectivity index (χ4v) is 25.6. The molecule has 0 aromatic carbocycles. The van der Waals surface area contributed by atoms with Crippen LogP contribution >= 0.6 is 0 Å². The van der Waals surface area contributed by atoms with Crippen molar-refractivity contribution in [2.24, 2.45) is 94.7 Å². The molecule has 0 aromatic heterocycles. The first-order valence-electron chi connectivity index (χ1n) is 49.5. The molecule has 8 nitrogen and oxygen atoms in total. The second-order valence-corrected chi connectivity index (χ2v) is 38.6. The maximum Gasteiger partial charge on any atom is 2.00 e. The third-order valence-corrected chi connectivity index (χ3v) is 31.1. The van der Waals surface area contributed by atoms with E-state index in [0.29, 0.717) is 96.7 Å². The average Bonchev–Trinajstić information content (AvgIpc) is 1.58. The molecule has 5 aliphatic heterocycles. The molecule has 9 rings (SSSR count). The van der Waals surface area contributed by atoms with Crippen LogP contribution in [0.2, 0.25) is 0 Å². The van der Waals surface area contributed by atoms with Gasteiger partial charge in [0, 0.05) is 0 Å². The molecule has 9 fully saturated rings. The minimum absolute atomic E-state index is 0. The van der Waals surface area contributed by atoms with Crippen molar-refractivity contribution >= 4 is 0 Å². The van der Waals surface area contributed by atoms with E-state index >= 15 is 0 Å². The van der Waals surface area contributed by atoms with Gasteiger partial charge in [-0.1, -0.05) is 415 Å². The summed E-state index contributed by atoms with van der Waals surface area (Å²) in [6, 6.07) is 0. The van der Waals surface area contributed by atoms with Crippen LogP contribution in [0.25, 0.3) is 0 Å². The zero-order valence-corrected chi connectivity index (χ0v) is 72.4. The number of fused-ring (bicyclic) bond motifs is 20. The third kappa shape index (κ3) is 28.3. The summed E-state index contributed by atoms with van der Waals surface area (Å²) in [5.74, 6) is 11.6. The second-order valence-electron chi connectivity index (χ2n) is 38.6. The molecule has 8 N–H and O–H groups in total. The van der Waals surface area contributed by atoms with Crippen molar-refractivity contribution in [3.63, 3.8) is 0 Å². The third-order valence-electron chi connectivity index (χ3n) is 31.1. The average molecular weight is 1510 g/mol. The fourth-order valence-electron chi connectivity index (χ4n) is 25.6. The van der Waals surface area contributed by atoms with Gasteiger partial charge in [-0.15, -0.1) is 0 Å². The van der Waals surface area contributed by atoms with Gasteiger partial charge in [0.05, 0.1) is 49.3 Å². The van der Waals surface area contributed by atoms with E-state index < -0.39 is 0 Å². The van der Waals surface area contributed by atoms with Crippen LogP contribution in [0.3, 0.4) is 0 Å². The van der Waals surface area contributed by atoms with Crippen LogP contribution in [-0.4, -0.2) is 49.3 Å². The summed E-state index contributed by atoms with van der Waals surface area (Å²) in [6.07, 6.45) is 93.7.